The molecule has 9 heteroatoms. The van der Waals surface area contributed by atoms with Crippen molar-refractivity contribution in [2.45, 2.75) is 36.6 Å². The highest BCUT2D eigenvalue weighted by molar-refractivity contribution is 7.91. The lowest BCUT2D eigenvalue weighted by Gasteiger charge is -2.26. The fourth-order valence-electron chi connectivity index (χ4n) is 4.89. The Morgan fingerprint density at radius 2 is 1.91 bits per heavy atom. The number of fused-ring (bicyclic) bond motifs is 2. The molecule has 3 aromatic rings. The van der Waals surface area contributed by atoms with E-state index < -0.39 is 16.0 Å². The van der Waals surface area contributed by atoms with Gasteiger partial charge in [0, 0.05) is 61.7 Å². The molecule has 170 valence electrons. The smallest absolute Gasteiger partial charge is 0.340 e. The number of nitrogens with zero attached hydrogens (tertiary/aromatic N) is 3. The third-order valence-corrected chi connectivity index (χ3v) is 10.1. The zero-order chi connectivity index (χ0) is 22.5. The van der Waals surface area contributed by atoms with Crippen LogP contribution in [0.2, 0.25) is 0 Å². The van der Waals surface area contributed by atoms with Crippen LogP contribution in [0.3, 0.4) is 0 Å². The Morgan fingerprint density at radius 3 is 2.66 bits per heavy atom. The summed E-state index contributed by atoms with van der Waals surface area (Å²) in [5, 5.41) is 1.24. The highest BCUT2D eigenvalue weighted by atomic mass is 32.2. The van der Waals surface area contributed by atoms with E-state index in [1.54, 1.807) is 0 Å². The van der Waals surface area contributed by atoms with Crippen LogP contribution in [0.4, 0.5) is 0 Å². The van der Waals surface area contributed by atoms with Crippen molar-refractivity contribution in [3.8, 4) is 0 Å². The normalized spacial score (nSPS) is 17.7. The maximum absolute atomic E-state index is 13.3. The number of methoxy groups -OCH3 is 1. The number of thiophene rings is 1. The minimum absolute atomic E-state index is 0.156. The number of esters is 1. The van der Waals surface area contributed by atoms with Gasteiger partial charge >= 0.3 is 5.97 Å². The number of carbonyl (C=O) groups is 1. The molecule has 1 fully saturated rings. The Labute approximate surface area is 192 Å². The van der Waals surface area contributed by atoms with E-state index in [-0.39, 0.29) is 9.77 Å². The quantitative estimate of drug-likeness (QED) is 0.532. The lowest BCUT2D eigenvalue weighted by Crippen LogP contribution is -2.30. The number of aryl methyl sites for hydroxylation is 1. The minimum Gasteiger partial charge on any atom is -0.465 e. The van der Waals surface area contributed by atoms with Gasteiger partial charge in [0.2, 0.25) is 0 Å². The van der Waals surface area contributed by atoms with Crippen molar-refractivity contribution in [2.24, 2.45) is 7.05 Å². The molecular weight excluding hydrogens is 446 g/mol. The first-order valence-corrected chi connectivity index (χ1v) is 13.1. The van der Waals surface area contributed by atoms with Gasteiger partial charge in [-0.05, 0) is 36.5 Å². The Kier molecular flexibility index (Phi) is 5.61. The molecule has 0 aliphatic carbocycles. The van der Waals surface area contributed by atoms with Crippen molar-refractivity contribution < 1.29 is 17.9 Å². The van der Waals surface area contributed by atoms with Gasteiger partial charge in [-0.2, -0.15) is 4.31 Å². The first-order valence-electron chi connectivity index (χ1n) is 10.9. The maximum Gasteiger partial charge on any atom is 0.340 e. The molecule has 5 rings (SSSR count). The van der Waals surface area contributed by atoms with Crippen LogP contribution >= 0.6 is 11.3 Å². The molecule has 0 radical (unpaired) electrons. The van der Waals surface area contributed by atoms with Crippen molar-refractivity contribution in [1.29, 1.82) is 0 Å². The molecule has 0 bridgehead atoms. The van der Waals surface area contributed by atoms with Crippen LogP contribution in [-0.4, -0.2) is 54.9 Å². The SMILES string of the molecule is COC(=O)c1c(S(=O)(=O)N2CCCC2)sc2c1CCN(Cc1cn(C)c3ccccc13)C2. The van der Waals surface area contributed by atoms with E-state index in [1.165, 1.54) is 39.2 Å². The van der Waals surface area contributed by atoms with Crippen LogP contribution in [0.25, 0.3) is 10.9 Å². The number of sulfonamides is 1. The van der Waals surface area contributed by atoms with E-state index in [2.05, 4.69) is 40.9 Å². The summed E-state index contributed by atoms with van der Waals surface area (Å²) in [4.78, 5) is 15.9. The van der Waals surface area contributed by atoms with Gasteiger partial charge in [0.15, 0.2) is 0 Å². The zero-order valence-electron chi connectivity index (χ0n) is 18.3. The summed E-state index contributed by atoms with van der Waals surface area (Å²) in [6, 6.07) is 8.35. The third kappa shape index (κ3) is 3.57. The van der Waals surface area contributed by atoms with Crippen LogP contribution in [0.15, 0.2) is 34.7 Å². The van der Waals surface area contributed by atoms with E-state index in [4.69, 9.17) is 4.74 Å². The van der Waals surface area contributed by atoms with Gasteiger partial charge in [0.25, 0.3) is 10.0 Å². The summed E-state index contributed by atoms with van der Waals surface area (Å²) in [7, 11) is -0.324. The predicted molar refractivity (Wildman–Crippen MR) is 124 cm³/mol. The first-order chi connectivity index (χ1) is 15.4. The van der Waals surface area contributed by atoms with Crippen LogP contribution in [0.5, 0.6) is 0 Å². The number of rotatable bonds is 5. The average Bonchev–Trinajstić information content (AvgIpc) is 3.52. The molecule has 0 spiro atoms. The van der Waals surface area contributed by atoms with Gasteiger partial charge in [0.1, 0.15) is 4.21 Å². The van der Waals surface area contributed by atoms with Gasteiger partial charge in [-0.25, -0.2) is 13.2 Å². The van der Waals surface area contributed by atoms with E-state index in [9.17, 15) is 13.2 Å². The number of hydrogen-bond acceptors (Lipinski definition) is 6. The van der Waals surface area contributed by atoms with Crippen LogP contribution in [0, 0.1) is 0 Å². The molecule has 0 saturated carbocycles. The molecule has 7 nitrogen and oxygen atoms in total. The highest BCUT2D eigenvalue weighted by Crippen LogP contribution is 2.39. The van der Waals surface area contributed by atoms with Crippen molar-refractivity contribution in [1.82, 2.24) is 13.8 Å². The standard InChI is InChI=1S/C23H27N3O4S2/c1-24-13-16(17-7-3-4-8-19(17)24)14-25-12-9-18-20(15-25)31-23(21(18)22(27)30-2)32(28,29)26-10-5-6-11-26/h3-4,7-8,13H,5-6,9-12,14-15H2,1-2H3. The van der Waals surface area contributed by atoms with Crippen LogP contribution < -0.4 is 0 Å². The van der Waals surface area contributed by atoms with E-state index in [0.717, 1.165) is 36.4 Å². The van der Waals surface area contributed by atoms with Gasteiger partial charge in [0.05, 0.1) is 12.7 Å². The molecule has 1 aromatic carbocycles. The molecule has 0 unspecified atom stereocenters. The van der Waals surface area contributed by atoms with Crippen molar-refractivity contribution in [2.75, 3.05) is 26.7 Å². The Hall–Kier alpha value is -2.20. The van der Waals surface area contributed by atoms with Crippen molar-refractivity contribution in [3.05, 3.63) is 52.0 Å². The summed E-state index contributed by atoms with van der Waals surface area (Å²) in [5.74, 6) is -0.553. The number of hydrogen-bond donors (Lipinski definition) is 0. The largest absolute Gasteiger partial charge is 0.465 e. The summed E-state index contributed by atoms with van der Waals surface area (Å²) in [6.07, 6.45) is 4.52. The summed E-state index contributed by atoms with van der Waals surface area (Å²) in [5.41, 5.74) is 3.54. The fourth-order valence-corrected chi connectivity index (χ4v) is 8.48. The Bertz CT molecular complexity index is 1290. The molecule has 0 amide bonds. The molecular formula is C23H27N3O4S2. The minimum atomic E-state index is -3.69. The van der Waals surface area contributed by atoms with Crippen molar-refractivity contribution >= 4 is 38.2 Å². The number of carbonyl (C=O) groups excluding carboxylic acids is 1. The van der Waals surface area contributed by atoms with Gasteiger partial charge in [-0.15, -0.1) is 11.3 Å². The van der Waals surface area contributed by atoms with Crippen LogP contribution in [0.1, 0.15) is 39.2 Å². The molecule has 0 atom stereocenters. The van der Waals surface area contributed by atoms with Gasteiger partial charge in [-0.1, -0.05) is 18.2 Å². The number of para-hydroxylation sites is 1. The number of benzene rings is 1. The fraction of sp³-hybridized carbons (Fsp3) is 0.435. The summed E-state index contributed by atoms with van der Waals surface area (Å²) >= 11 is 1.25. The van der Waals surface area contributed by atoms with E-state index >= 15 is 0 Å². The summed E-state index contributed by atoms with van der Waals surface area (Å²) < 4.78 is 35.5. The zero-order valence-corrected chi connectivity index (χ0v) is 20.0. The van der Waals surface area contributed by atoms with E-state index in [1.807, 2.05) is 6.07 Å². The van der Waals surface area contributed by atoms with E-state index in [0.29, 0.717) is 26.1 Å². The average molecular weight is 474 g/mol. The monoisotopic (exact) mass is 473 g/mol. The lowest BCUT2D eigenvalue weighted by atomic mass is 10.0. The van der Waals surface area contributed by atoms with Crippen molar-refractivity contribution in [3.63, 3.8) is 0 Å². The molecule has 2 aliphatic rings. The Balaban J connectivity index is 1.48. The molecule has 32 heavy (non-hydrogen) atoms. The molecule has 0 N–H and O–H groups in total. The molecule has 1 saturated heterocycles. The highest BCUT2D eigenvalue weighted by Gasteiger charge is 2.37. The molecule has 2 aromatic heterocycles. The Morgan fingerprint density at radius 1 is 1.16 bits per heavy atom. The summed E-state index contributed by atoms with van der Waals surface area (Å²) in [6.45, 7) is 3.20. The van der Waals surface area contributed by atoms with Gasteiger partial charge in [-0.3, -0.25) is 4.90 Å². The first kappa shape index (κ1) is 21.6. The van der Waals surface area contributed by atoms with Crippen LogP contribution in [-0.2, 0) is 41.3 Å². The molecule has 4 heterocycles. The molecule has 2 aliphatic heterocycles. The third-order valence-electron chi connectivity index (χ3n) is 6.51. The topological polar surface area (TPSA) is 71.8 Å². The lowest BCUT2D eigenvalue weighted by molar-refractivity contribution is 0.0595. The number of aromatic nitrogens is 1. The second-order valence-corrected chi connectivity index (χ2v) is 11.8. The second-order valence-electron chi connectivity index (χ2n) is 8.51. The number of ether oxygens (including phenoxy) is 1. The predicted octanol–water partition coefficient (Wildman–Crippen LogP) is 3.37. The second kappa shape index (κ2) is 8.30. The van der Waals surface area contributed by atoms with Gasteiger partial charge < -0.3 is 9.30 Å². The maximum atomic E-state index is 13.3.